The van der Waals surface area contributed by atoms with Gasteiger partial charge in [0.1, 0.15) is 0 Å². The first-order chi connectivity index (χ1) is 17.3. The van der Waals surface area contributed by atoms with Crippen LogP contribution in [0.25, 0.3) is 32.7 Å². The molecule has 0 bridgehead atoms. The fraction of sp³-hybridized carbons (Fsp3) is 0. The Morgan fingerprint density at radius 3 is 1.94 bits per heavy atom. The highest BCUT2D eigenvalue weighted by atomic mass is 16.1. The summed E-state index contributed by atoms with van der Waals surface area (Å²) in [5, 5.41) is 4.47. The van der Waals surface area contributed by atoms with Crippen LogP contribution in [0.4, 0.5) is 17.1 Å². The molecule has 0 fully saturated rings. The summed E-state index contributed by atoms with van der Waals surface area (Å²) in [4.78, 5) is 15.8. The summed E-state index contributed by atoms with van der Waals surface area (Å²) < 4.78 is 0. The number of nitrogens with zero attached hydrogens (tertiary/aromatic N) is 1. The second kappa shape index (κ2) is 7.68. The second-order valence-electron chi connectivity index (χ2n) is 8.90. The fourth-order valence-corrected chi connectivity index (χ4v) is 5.45. The third-order valence-electron chi connectivity index (χ3n) is 6.99. The van der Waals surface area contributed by atoms with Gasteiger partial charge in [0, 0.05) is 33.0 Å². The van der Waals surface area contributed by atoms with E-state index in [1.54, 1.807) is 0 Å². The molecule has 0 N–H and O–H groups in total. The van der Waals surface area contributed by atoms with E-state index in [9.17, 15) is 4.79 Å². The highest BCUT2D eigenvalue weighted by Gasteiger charge is 2.27. The minimum Gasteiger partial charge on any atom is -0.309 e. The molecular formula is C33H21NO. The predicted molar refractivity (Wildman–Crippen MR) is 145 cm³/mol. The molecular weight excluding hydrogens is 426 g/mol. The highest BCUT2D eigenvalue weighted by Crippen LogP contribution is 2.47. The van der Waals surface area contributed by atoms with Gasteiger partial charge in [-0.25, -0.2) is 0 Å². The van der Waals surface area contributed by atoms with Crippen LogP contribution in [0.2, 0.25) is 0 Å². The Kier molecular flexibility index (Phi) is 4.33. The Balaban J connectivity index is 1.58. The molecule has 0 saturated carbocycles. The lowest BCUT2D eigenvalue weighted by molar-refractivity contribution is 0.104. The van der Waals surface area contributed by atoms with E-state index in [0.29, 0.717) is 0 Å². The predicted octanol–water partition coefficient (Wildman–Crippen LogP) is 8.67. The smallest absolute Gasteiger partial charge is 0.194 e. The minimum atomic E-state index is 0.0901. The van der Waals surface area contributed by atoms with Crippen molar-refractivity contribution in [3.05, 3.63) is 139 Å². The van der Waals surface area contributed by atoms with Crippen LogP contribution in [-0.2, 0) is 0 Å². The molecule has 7 rings (SSSR count). The molecule has 0 unspecified atom stereocenters. The zero-order valence-corrected chi connectivity index (χ0v) is 19.0. The molecule has 0 spiro atoms. The number of benzene rings is 6. The van der Waals surface area contributed by atoms with E-state index in [4.69, 9.17) is 0 Å². The average molecular weight is 448 g/mol. The van der Waals surface area contributed by atoms with Gasteiger partial charge in [-0.05, 0) is 40.8 Å². The lowest BCUT2D eigenvalue weighted by Crippen LogP contribution is -2.14. The lowest BCUT2D eigenvalue weighted by Gasteiger charge is -2.30. The van der Waals surface area contributed by atoms with Gasteiger partial charge in [-0.1, -0.05) is 103 Å². The number of rotatable bonds is 3. The van der Waals surface area contributed by atoms with Crippen LogP contribution in [0.3, 0.4) is 0 Å². The summed E-state index contributed by atoms with van der Waals surface area (Å²) >= 11 is 0. The minimum absolute atomic E-state index is 0.0901. The number of ketones is 1. The van der Waals surface area contributed by atoms with Gasteiger partial charge in [-0.2, -0.15) is 0 Å². The van der Waals surface area contributed by atoms with E-state index in [2.05, 4.69) is 95.9 Å². The molecule has 2 heteroatoms. The largest absolute Gasteiger partial charge is 0.309 e. The highest BCUT2D eigenvalue weighted by molar-refractivity contribution is 6.27. The summed E-state index contributed by atoms with van der Waals surface area (Å²) in [7, 11) is 0. The topological polar surface area (TPSA) is 20.3 Å². The molecule has 164 valence electrons. The molecule has 6 aromatic rings. The van der Waals surface area contributed by atoms with Crippen molar-refractivity contribution in [2.45, 2.75) is 0 Å². The number of para-hydroxylation sites is 1. The zero-order valence-electron chi connectivity index (χ0n) is 19.0. The number of anilines is 3. The molecule has 2 nitrogen and oxygen atoms in total. The first kappa shape index (κ1) is 19.7. The maximum Gasteiger partial charge on any atom is 0.194 e. The summed E-state index contributed by atoms with van der Waals surface area (Å²) in [6.07, 6.45) is 0. The summed E-state index contributed by atoms with van der Waals surface area (Å²) in [5.74, 6) is 0.0901. The molecule has 1 aliphatic carbocycles. The normalized spacial score (nSPS) is 12.1. The van der Waals surface area contributed by atoms with E-state index < -0.39 is 0 Å². The van der Waals surface area contributed by atoms with Crippen LogP contribution in [0, 0.1) is 0 Å². The maximum atomic E-state index is 13.5. The van der Waals surface area contributed by atoms with Gasteiger partial charge < -0.3 is 4.90 Å². The molecule has 0 saturated heterocycles. The third-order valence-corrected chi connectivity index (χ3v) is 6.99. The standard InChI is InChI=1S/C33H21NO/c35-33-27-16-7-6-15-25(27)26-20-21-31(28-17-9-18-29(33)32(26)28)34(23-12-2-1-3-13-23)30-19-8-11-22-10-4-5-14-24(22)30/h1-21H. The van der Waals surface area contributed by atoms with Gasteiger partial charge in [-0.3, -0.25) is 4.79 Å². The van der Waals surface area contributed by atoms with Crippen molar-refractivity contribution < 1.29 is 4.79 Å². The Bertz CT molecular complexity index is 1760. The van der Waals surface area contributed by atoms with Crippen molar-refractivity contribution in [1.29, 1.82) is 0 Å². The Labute approximate surface area is 203 Å². The van der Waals surface area contributed by atoms with Gasteiger partial charge in [0.15, 0.2) is 5.78 Å². The van der Waals surface area contributed by atoms with E-state index >= 15 is 0 Å². The van der Waals surface area contributed by atoms with Crippen LogP contribution in [-0.4, -0.2) is 5.78 Å². The number of fused-ring (bicyclic) bond motifs is 3. The first-order valence-corrected chi connectivity index (χ1v) is 11.8. The summed E-state index contributed by atoms with van der Waals surface area (Å²) in [6, 6.07) is 43.8. The van der Waals surface area contributed by atoms with E-state index in [-0.39, 0.29) is 5.78 Å². The number of carbonyl (C=O) groups is 1. The second-order valence-corrected chi connectivity index (χ2v) is 8.90. The van der Waals surface area contributed by atoms with Gasteiger partial charge >= 0.3 is 0 Å². The van der Waals surface area contributed by atoms with Crippen LogP contribution >= 0.6 is 0 Å². The van der Waals surface area contributed by atoms with Crippen molar-refractivity contribution >= 4 is 44.4 Å². The van der Waals surface area contributed by atoms with E-state index in [0.717, 1.165) is 50.1 Å². The molecule has 0 amide bonds. The number of hydrogen-bond acceptors (Lipinski definition) is 2. The molecule has 0 heterocycles. The molecule has 1 aliphatic rings. The molecule has 0 radical (unpaired) electrons. The summed E-state index contributed by atoms with van der Waals surface area (Å²) in [5.41, 5.74) is 6.90. The molecule has 0 atom stereocenters. The average Bonchev–Trinajstić information content (AvgIpc) is 2.93. The zero-order chi connectivity index (χ0) is 23.4. The van der Waals surface area contributed by atoms with Crippen molar-refractivity contribution in [2.24, 2.45) is 0 Å². The van der Waals surface area contributed by atoms with Gasteiger partial charge in [0.2, 0.25) is 0 Å². The van der Waals surface area contributed by atoms with Crippen LogP contribution < -0.4 is 4.90 Å². The van der Waals surface area contributed by atoms with Crippen LogP contribution in [0.5, 0.6) is 0 Å². The van der Waals surface area contributed by atoms with Crippen molar-refractivity contribution in [2.75, 3.05) is 4.90 Å². The molecule has 0 aromatic heterocycles. The third kappa shape index (κ3) is 2.93. The molecule has 0 aliphatic heterocycles. The van der Waals surface area contributed by atoms with E-state index in [1.807, 2.05) is 36.4 Å². The molecule has 6 aromatic carbocycles. The van der Waals surface area contributed by atoms with Gasteiger partial charge in [-0.15, -0.1) is 0 Å². The Hall–Kier alpha value is -4.69. The van der Waals surface area contributed by atoms with Crippen molar-refractivity contribution in [1.82, 2.24) is 0 Å². The van der Waals surface area contributed by atoms with Crippen molar-refractivity contribution in [3.8, 4) is 11.1 Å². The summed E-state index contributed by atoms with van der Waals surface area (Å²) in [6.45, 7) is 0. The van der Waals surface area contributed by atoms with Crippen LogP contribution in [0.15, 0.2) is 127 Å². The quantitative estimate of drug-likeness (QED) is 0.270. The van der Waals surface area contributed by atoms with Gasteiger partial charge in [0.05, 0.1) is 11.4 Å². The van der Waals surface area contributed by atoms with Crippen molar-refractivity contribution in [3.63, 3.8) is 0 Å². The maximum absolute atomic E-state index is 13.5. The Morgan fingerprint density at radius 1 is 0.429 bits per heavy atom. The van der Waals surface area contributed by atoms with E-state index in [1.165, 1.54) is 10.8 Å². The number of hydrogen-bond donors (Lipinski definition) is 0. The monoisotopic (exact) mass is 447 g/mol. The first-order valence-electron chi connectivity index (χ1n) is 11.8. The fourth-order valence-electron chi connectivity index (χ4n) is 5.45. The van der Waals surface area contributed by atoms with Crippen LogP contribution in [0.1, 0.15) is 15.9 Å². The SMILES string of the molecule is O=C1c2ccccc2-c2ccc(N(c3ccccc3)c3cccc4ccccc34)c3cccc1c23. The Morgan fingerprint density at radius 2 is 1.06 bits per heavy atom. The molecule has 35 heavy (non-hydrogen) atoms. The lowest BCUT2D eigenvalue weighted by atomic mass is 9.82. The number of carbonyl (C=O) groups excluding carboxylic acids is 1. The van der Waals surface area contributed by atoms with Gasteiger partial charge in [0.25, 0.3) is 0 Å².